The molecule has 4 rings (SSSR count). The smallest absolute Gasteiger partial charge is 0.267 e. The van der Waals surface area contributed by atoms with Crippen LogP contribution in [0.3, 0.4) is 0 Å². The third-order valence-corrected chi connectivity index (χ3v) is 5.46. The molecule has 0 spiro atoms. The zero-order chi connectivity index (χ0) is 24.7. The van der Waals surface area contributed by atoms with E-state index < -0.39 is 23.4 Å². The van der Waals surface area contributed by atoms with Crippen molar-refractivity contribution in [2.24, 2.45) is 11.5 Å². The molecule has 4 aromatic rings. The summed E-state index contributed by atoms with van der Waals surface area (Å²) in [5.74, 6) is -4.39. The molecular formula is C23H17F2N7O2. The summed E-state index contributed by atoms with van der Waals surface area (Å²) in [6.45, 7) is 3.49. The van der Waals surface area contributed by atoms with Crippen LogP contribution < -0.4 is 11.5 Å². The molecule has 11 heteroatoms. The third kappa shape index (κ3) is 3.61. The summed E-state index contributed by atoms with van der Waals surface area (Å²) in [5, 5.41) is 13.7. The number of halogens is 2. The standard InChI is InChI=1S/C23H17F2N7O2/c1-10-18(11(2)32(31-10)9-12-4-3-5-29-17(12)8-26)20-19(22(27)33)13-6-14(24)15(25)7-16(13)30-21(20)23(28)34/h3-7H,9H2,1-2H3,(H2,27,33)(H2,28,34). The van der Waals surface area contributed by atoms with Crippen molar-refractivity contribution in [3.8, 4) is 17.2 Å². The largest absolute Gasteiger partial charge is 0.366 e. The maximum Gasteiger partial charge on any atom is 0.267 e. The molecule has 170 valence electrons. The average Bonchev–Trinajstić information content (AvgIpc) is 3.06. The number of hydrogen-bond donors (Lipinski definition) is 2. The Bertz CT molecular complexity index is 1550. The van der Waals surface area contributed by atoms with Crippen LogP contribution in [0.25, 0.3) is 22.0 Å². The fourth-order valence-corrected chi connectivity index (χ4v) is 3.98. The van der Waals surface area contributed by atoms with Gasteiger partial charge >= 0.3 is 0 Å². The maximum atomic E-state index is 14.1. The molecule has 0 unspecified atom stereocenters. The number of carbonyl (C=O) groups is 2. The lowest BCUT2D eigenvalue weighted by Crippen LogP contribution is -2.21. The van der Waals surface area contributed by atoms with E-state index in [1.807, 2.05) is 6.07 Å². The summed E-state index contributed by atoms with van der Waals surface area (Å²) < 4.78 is 29.5. The predicted octanol–water partition coefficient (Wildman–Crippen LogP) is 2.51. The molecule has 0 saturated heterocycles. The van der Waals surface area contributed by atoms with Gasteiger partial charge in [0.15, 0.2) is 11.6 Å². The number of hydrogen-bond acceptors (Lipinski definition) is 6. The Morgan fingerprint density at radius 3 is 2.47 bits per heavy atom. The molecule has 0 fully saturated rings. The van der Waals surface area contributed by atoms with Crippen molar-refractivity contribution >= 4 is 22.7 Å². The normalized spacial score (nSPS) is 10.9. The quantitative estimate of drug-likeness (QED) is 0.465. The number of carbonyl (C=O) groups excluding carboxylic acids is 2. The lowest BCUT2D eigenvalue weighted by atomic mass is 9.92. The Morgan fingerprint density at radius 1 is 1.12 bits per heavy atom. The van der Waals surface area contributed by atoms with Crippen LogP contribution in [0, 0.1) is 36.8 Å². The van der Waals surface area contributed by atoms with Gasteiger partial charge in [-0.25, -0.2) is 18.7 Å². The van der Waals surface area contributed by atoms with Crippen LogP contribution in [0.2, 0.25) is 0 Å². The van der Waals surface area contributed by atoms with Gasteiger partial charge in [-0.15, -0.1) is 0 Å². The van der Waals surface area contributed by atoms with Crippen LogP contribution >= 0.6 is 0 Å². The number of nitrogens with two attached hydrogens (primary N) is 2. The van der Waals surface area contributed by atoms with E-state index in [1.165, 1.54) is 6.20 Å². The van der Waals surface area contributed by atoms with Crippen molar-refractivity contribution in [3.05, 3.63) is 76.0 Å². The number of aryl methyl sites for hydroxylation is 1. The maximum absolute atomic E-state index is 14.1. The second kappa shape index (κ2) is 8.32. The fraction of sp³-hybridized carbons (Fsp3) is 0.130. The first-order valence-electron chi connectivity index (χ1n) is 9.94. The first-order chi connectivity index (χ1) is 16.1. The first-order valence-corrected chi connectivity index (χ1v) is 9.94. The molecule has 0 aliphatic rings. The van der Waals surface area contributed by atoms with Crippen molar-refractivity contribution in [2.45, 2.75) is 20.4 Å². The van der Waals surface area contributed by atoms with Crippen molar-refractivity contribution in [2.75, 3.05) is 0 Å². The number of amides is 2. The van der Waals surface area contributed by atoms with Crippen molar-refractivity contribution in [1.82, 2.24) is 19.7 Å². The van der Waals surface area contributed by atoms with Crippen LogP contribution in [0.5, 0.6) is 0 Å². The van der Waals surface area contributed by atoms with E-state index in [2.05, 4.69) is 15.1 Å². The monoisotopic (exact) mass is 461 g/mol. The van der Waals surface area contributed by atoms with E-state index in [4.69, 9.17) is 11.5 Å². The summed E-state index contributed by atoms with van der Waals surface area (Å²) in [4.78, 5) is 33.0. The highest BCUT2D eigenvalue weighted by Crippen LogP contribution is 2.36. The number of aromatic nitrogens is 4. The minimum Gasteiger partial charge on any atom is -0.366 e. The van der Waals surface area contributed by atoms with Gasteiger partial charge in [-0.3, -0.25) is 14.3 Å². The minimum atomic E-state index is -1.21. The second-order valence-electron chi connectivity index (χ2n) is 7.55. The SMILES string of the molecule is Cc1nn(Cc2cccnc2C#N)c(C)c1-c1c(C(N)=O)nc2cc(F)c(F)cc2c1C(N)=O. The molecule has 1 aromatic carbocycles. The molecule has 0 aliphatic heterocycles. The molecule has 4 N–H and O–H groups in total. The molecule has 0 radical (unpaired) electrons. The average molecular weight is 461 g/mol. The van der Waals surface area contributed by atoms with Crippen LogP contribution in [-0.2, 0) is 6.54 Å². The van der Waals surface area contributed by atoms with E-state index in [-0.39, 0.29) is 40.0 Å². The van der Waals surface area contributed by atoms with Gasteiger partial charge in [-0.2, -0.15) is 10.4 Å². The molecule has 0 atom stereocenters. The Labute approximate surface area is 191 Å². The highest BCUT2D eigenvalue weighted by molar-refractivity contribution is 6.15. The third-order valence-electron chi connectivity index (χ3n) is 5.46. The highest BCUT2D eigenvalue weighted by Gasteiger charge is 2.28. The zero-order valence-corrected chi connectivity index (χ0v) is 18.1. The molecule has 2 amide bonds. The summed E-state index contributed by atoms with van der Waals surface area (Å²) in [5.41, 5.74) is 12.5. The molecule has 0 bridgehead atoms. The molecule has 9 nitrogen and oxygen atoms in total. The van der Waals surface area contributed by atoms with Gasteiger partial charge in [0.1, 0.15) is 17.5 Å². The number of fused-ring (bicyclic) bond motifs is 1. The number of pyridine rings is 2. The molecule has 0 saturated carbocycles. The molecule has 3 heterocycles. The Kier molecular flexibility index (Phi) is 5.50. The fourth-order valence-electron chi connectivity index (χ4n) is 3.98. The van der Waals surface area contributed by atoms with Crippen LogP contribution in [0.15, 0.2) is 30.5 Å². The van der Waals surface area contributed by atoms with E-state index in [9.17, 15) is 23.6 Å². The number of rotatable bonds is 5. The number of nitriles is 1. The van der Waals surface area contributed by atoms with Gasteiger partial charge in [0.25, 0.3) is 5.91 Å². The molecular weight excluding hydrogens is 444 g/mol. The molecule has 3 aromatic heterocycles. The van der Waals surface area contributed by atoms with Crippen LogP contribution in [0.1, 0.15) is 43.5 Å². The summed E-state index contributed by atoms with van der Waals surface area (Å²) >= 11 is 0. The summed E-state index contributed by atoms with van der Waals surface area (Å²) in [6, 6.07) is 6.99. The lowest BCUT2D eigenvalue weighted by molar-refractivity contribution is 0.0996. The minimum absolute atomic E-state index is 0.0218. The van der Waals surface area contributed by atoms with Crippen molar-refractivity contribution in [1.29, 1.82) is 5.26 Å². The zero-order valence-electron chi connectivity index (χ0n) is 18.1. The first kappa shape index (κ1) is 22.5. The number of benzene rings is 1. The van der Waals surface area contributed by atoms with Gasteiger partial charge < -0.3 is 11.5 Å². The van der Waals surface area contributed by atoms with E-state index in [0.29, 0.717) is 22.5 Å². The number of nitrogens with zero attached hydrogens (tertiary/aromatic N) is 5. The van der Waals surface area contributed by atoms with Crippen LogP contribution in [-0.4, -0.2) is 31.6 Å². The van der Waals surface area contributed by atoms with Crippen LogP contribution in [0.4, 0.5) is 8.78 Å². The van der Waals surface area contributed by atoms with Gasteiger partial charge in [-0.05, 0) is 26.0 Å². The van der Waals surface area contributed by atoms with E-state index >= 15 is 0 Å². The van der Waals surface area contributed by atoms with E-state index in [1.54, 1.807) is 30.7 Å². The lowest BCUT2D eigenvalue weighted by Gasteiger charge is -2.15. The van der Waals surface area contributed by atoms with Gasteiger partial charge in [0, 0.05) is 40.0 Å². The molecule has 0 aliphatic carbocycles. The Balaban J connectivity index is 2.04. The topological polar surface area (TPSA) is 154 Å². The van der Waals surface area contributed by atoms with Crippen molar-refractivity contribution < 1.29 is 18.4 Å². The Morgan fingerprint density at radius 2 is 1.82 bits per heavy atom. The Hall–Kier alpha value is -4.72. The summed E-state index contributed by atoms with van der Waals surface area (Å²) in [7, 11) is 0. The predicted molar refractivity (Wildman–Crippen MR) is 117 cm³/mol. The molecule has 34 heavy (non-hydrogen) atoms. The van der Waals surface area contributed by atoms with E-state index in [0.717, 1.165) is 12.1 Å². The van der Waals surface area contributed by atoms with Crippen molar-refractivity contribution in [3.63, 3.8) is 0 Å². The number of primary amides is 2. The highest BCUT2D eigenvalue weighted by atomic mass is 19.2. The second-order valence-corrected chi connectivity index (χ2v) is 7.55. The van der Waals surface area contributed by atoms with Gasteiger partial charge in [-0.1, -0.05) is 6.07 Å². The van der Waals surface area contributed by atoms with Gasteiger partial charge in [0.2, 0.25) is 5.91 Å². The summed E-state index contributed by atoms with van der Waals surface area (Å²) in [6.07, 6.45) is 1.50. The van der Waals surface area contributed by atoms with Gasteiger partial charge in [0.05, 0.1) is 23.3 Å².